The lowest BCUT2D eigenvalue weighted by Gasteiger charge is -2.27. The number of hydrogen-bond donors (Lipinski definition) is 1. The van der Waals surface area contributed by atoms with E-state index >= 15 is 0 Å². The molecule has 0 saturated heterocycles. The fraction of sp³-hybridized carbons (Fsp3) is 0.160. The van der Waals surface area contributed by atoms with E-state index in [4.69, 9.17) is 4.74 Å². The van der Waals surface area contributed by atoms with Gasteiger partial charge in [-0.1, -0.05) is 35.9 Å². The first-order chi connectivity index (χ1) is 15.4. The second kappa shape index (κ2) is 8.80. The second-order valence-corrected chi connectivity index (χ2v) is 8.27. The molecule has 1 atom stereocenters. The molecule has 0 fully saturated rings. The standard InChI is InChI=1S/C25H21NO5S/c1-3-31-25(30)17-10-12-18(13-11-17)26-21(16-8-6-15(2)7-9-16)20(23(28)24(26)29)22(27)19-5-4-14-32-19/h4-14,21,28H,3H2,1-2H3/t21-/m0/s1. The maximum Gasteiger partial charge on any atom is 0.338 e. The number of thiophene rings is 1. The molecule has 2 aromatic carbocycles. The third kappa shape index (κ3) is 3.83. The summed E-state index contributed by atoms with van der Waals surface area (Å²) in [5, 5.41) is 12.5. The highest BCUT2D eigenvalue weighted by molar-refractivity contribution is 7.12. The van der Waals surface area contributed by atoms with Crippen LogP contribution < -0.4 is 4.90 Å². The molecule has 7 heteroatoms. The summed E-state index contributed by atoms with van der Waals surface area (Å²) in [5.41, 5.74) is 2.57. The number of nitrogens with zero attached hydrogens (tertiary/aromatic N) is 1. The maximum atomic E-state index is 13.3. The zero-order chi connectivity index (χ0) is 22.8. The van der Waals surface area contributed by atoms with Crippen molar-refractivity contribution < 1.29 is 24.2 Å². The van der Waals surface area contributed by atoms with Gasteiger partial charge in [-0.15, -0.1) is 11.3 Å². The molecule has 0 radical (unpaired) electrons. The number of carbonyl (C=O) groups excluding carboxylic acids is 3. The Hall–Kier alpha value is -3.71. The first-order valence-corrected chi connectivity index (χ1v) is 11.0. The van der Waals surface area contributed by atoms with E-state index in [1.54, 1.807) is 48.7 Å². The Morgan fingerprint density at radius 1 is 1.06 bits per heavy atom. The minimum absolute atomic E-state index is 0.0378. The molecule has 4 rings (SSSR count). The maximum absolute atomic E-state index is 13.3. The van der Waals surface area contributed by atoms with Crippen LogP contribution in [0.15, 0.2) is 77.4 Å². The molecule has 2 heterocycles. The Labute approximate surface area is 189 Å². The molecule has 162 valence electrons. The zero-order valence-electron chi connectivity index (χ0n) is 17.6. The predicted octanol–water partition coefficient (Wildman–Crippen LogP) is 5.02. The van der Waals surface area contributed by atoms with Crippen molar-refractivity contribution in [1.29, 1.82) is 0 Å². The van der Waals surface area contributed by atoms with E-state index in [9.17, 15) is 19.5 Å². The van der Waals surface area contributed by atoms with E-state index in [0.717, 1.165) is 5.56 Å². The largest absolute Gasteiger partial charge is 0.503 e. The average Bonchev–Trinajstić information content (AvgIpc) is 3.42. The molecule has 1 aliphatic rings. The highest BCUT2D eigenvalue weighted by Crippen LogP contribution is 2.42. The van der Waals surface area contributed by atoms with E-state index in [-0.39, 0.29) is 18.0 Å². The molecule has 6 nitrogen and oxygen atoms in total. The molecule has 0 saturated carbocycles. The van der Waals surface area contributed by atoms with Crippen molar-refractivity contribution in [2.45, 2.75) is 19.9 Å². The Kier molecular flexibility index (Phi) is 5.92. The van der Waals surface area contributed by atoms with Crippen LogP contribution in [0, 0.1) is 6.92 Å². The Morgan fingerprint density at radius 3 is 2.34 bits per heavy atom. The zero-order valence-corrected chi connectivity index (χ0v) is 18.4. The molecule has 1 aromatic heterocycles. The topological polar surface area (TPSA) is 83.9 Å². The summed E-state index contributed by atoms with van der Waals surface area (Å²) in [4.78, 5) is 40.2. The number of aliphatic hydroxyl groups is 1. The highest BCUT2D eigenvalue weighted by Gasteiger charge is 2.44. The molecule has 0 unspecified atom stereocenters. The lowest BCUT2D eigenvalue weighted by molar-refractivity contribution is -0.117. The van der Waals surface area contributed by atoms with Gasteiger partial charge >= 0.3 is 5.97 Å². The van der Waals surface area contributed by atoms with Crippen LogP contribution in [0.3, 0.4) is 0 Å². The Morgan fingerprint density at radius 2 is 1.75 bits per heavy atom. The highest BCUT2D eigenvalue weighted by atomic mass is 32.1. The van der Waals surface area contributed by atoms with Gasteiger partial charge in [0, 0.05) is 5.69 Å². The molecular formula is C25H21NO5S. The molecule has 1 amide bonds. The molecule has 3 aromatic rings. The van der Waals surface area contributed by atoms with Gasteiger partial charge in [0.05, 0.1) is 28.7 Å². The first-order valence-electron chi connectivity index (χ1n) is 10.1. The number of carbonyl (C=O) groups is 3. The summed E-state index contributed by atoms with van der Waals surface area (Å²) in [6, 6.07) is 16.4. The van der Waals surface area contributed by atoms with Crippen molar-refractivity contribution in [3.63, 3.8) is 0 Å². The summed E-state index contributed by atoms with van der Waals surface area (Å²) >= 11 is 1.25. The number of anilines is 1. The lowest BCUT2D eigenvalue weighted by atomic mass is 9.94. The molecule has 0 bridgehead atoms. The number of Topliss-reactive ketones (excluding diaryl/α,β-unsaturated/α-hetero) is 1. The number of ketones is 1. The van der Waals surface area contributed by atoms with Gasteiger partial charge in [-0.3, -0.25) is 14.5 Å². The summed E-state index contributed by atoms with van der Waals surface area (Å²) in [7, 11) is 0. The Bertz CT molecular complexity index is 1190. The number of aliphatic hydroxyl groups excluding tert-OH is 1. The van der Waals surface area contributed by atoms with Crippen LogP contribution in [0.4, 0.5) is 5.69 Å². The number of ether oxygens (including phenoxy) is 1. The number of benzene rings is 2. The summed E-state index contributed by atoms with van der Waals surface area (Å²) < 4.78 is 5.01. The van der Waals surface area contributed by atoms with Crippen molar-refractivity contribution in [2.24, 2.45) is 0 Å². The number of aryl methyl sites for hydroxylation is 1. The number of esters is 1. The monoisotopic (exact) mass is 447 g/mol. The smallest absolute Gasteiger partial charge is 0.338 e. The molecule has 0 aliphatic carbocycles. The van der Waals surface area contributed by atoms with Crippen LogP contribution in [-0.4, -0.2) is 29.4 Å². The normalized spacial score (nSPS) is 15.9. The molecular weight excluding hydrogens is 426 g/mol. The summed E-state index contributed by atoms with van der Waals surface area (Å²) in [6.07, 6.45) is 0. The van der Waals surface area contributed by atoms with Crippen LogP contribution in [0.25, 0.3) is 0 Å². The van der Waals surface area contributed by atoms with Crippen molar-refractivity contribution in [2.75, 3.05) is 11.5 Å². The van der Waals surface area contributed by atoms with E-state index in [0.29, 0.717) is 21.7 Å². The van der Waals surface area contributed by atoms with Crippen molar-refractivity contribution in [1.82, 2.24) is 0 Å². The van der Waals surface area contributed by atoms with E-state index in [1.165, 1.54) is 16.2 Å². The fourth-order valence-electron chi connectivity index (χ4n) is 3.68. The van der Waals surface area contributed by atoms with Gasteiger partial charge in [0.1, 0.15) is 0 Å². The van der Waals surface area contributed by atoms with Gasteiger partial charge < -0.3 is 9.84 Å². The fourth-order valence-corrected chi connectivity index (χ4v) is 4.36. The van der Waals surface area contributed by atoms with Crippen LogP contribution in [0.5, 0.6) is 0 Å². The number of rotatable bonds is 6. The van der Waals surface area contributed by atoms with E-state index < -0.39 is 23.7 Å². The van der Waals surface area contributed by atoms with E-state index in [1.807, 2.05) is 31.2 Å². The third-order valence-electron chi connectivity index (χ3n) is 5.25. The first kappa shape index (κ1) is 21.5. The molecule has 0 spiro atoms. The molecule has 32 heavy (non-hydrogen) atoms. The summed E-state index contributed by atoms with van der Waals surface area (Å²) in [5.74, 6) is -2.08. The van der Waals surface area contributed by atoms with Crippen LogP contribution in [0.1, 0.15) is 44.1 Å². The number of amides is 1. The Balaban J connectivity index is 1.79. The van der Waals surface area contributed by atoms with Crippen molar-refractivity contribution in [3.05, 3.63) is 98.9 Å². The van der Waals surface area contributed by atoms with Crippen molar-refractivity contribution in [3.8, 4) is 0 Å². The van der Waals surface area contributed by atoms with Crippen molar-refractivity contribution >= 4 is 34.7 Å². The van der Waals surface area contributed by atoms with Gasteiger partial charge in [0.25, 0.3) is 5.91 Å². The molecule has 1 N–H and O–H groups in total. The number of hydrogen-bond acceptors (Lipinski definition) is 6. The molecule has 1 aliphatic heterocycles. The minimum atomic E-state index is -0.800. The van der Waals surface area contributed by atoms with Gasteiger partial charge in [0.15, 0.2) is 5.76 Å². The van der Waals surface area contributed by atoms with Gasteiger partial charge in [-0.2, -0.15) is 0 Å². The van der Waals surface area contributed by atoms with Gasteiger partial charge in [0.2, 0.25) is 5.78 Å². The SMILES string of the molecule is CCOC(=O)c1ccc(N2C(=O)C(O)=C(C(=O)c3cccs3)[C@@H]2c2ccc(C)cc2)cc1. The van der Waals surface area contributed by atoms with E-state index in [2.05, 4.69) is 0 Å². The van der Waals surface area contributed by atoms with Crippen LogP contribution in [0.2, 0.25) is 0 Å². The average molecular weight is 448 g/mol. The minimum Gasteiger partial charge on any atom is -0.503 e. The summed E-state index contributed by atoms with van der Waals surface area (Å²) in [6.45, 7) is 3.93. The predicted molar refractivity (Wildman–Crippen MR) is 122 cm³/mol. The van der Waals surface area contributed by atoms with Crippen LogP contribution in [-0.2, 0) is 9.53 Å². The second-order valence-electron chi connectivity index (χ2n) is 7.32. The van der Waals surface area contributed by atoms with Crippen LogP contribution >= 0.6 is 11.3 Å². The van der Waals surface area contributed by atoms with Gasteiger partial charge in [-0.05, 0) is 55.1 Å². The quantitative estimate of drug-likeness (QED) is 0.424. The lowest BCUT2D eigenvalue weighted by Crippen LogP contribution is -2.31. The third-order valence-corrected chi connectivity index (χ3v) is 6.12. The van der Waals surface area contributed by atoms with Gasteiger partial charge in [-0.25, -0.2) is 4.79 Å².